The van der Waals surface area contributed by atoms with E-state index in [-0.39, 0.29) is 5.92 Å². The van der Waals surface area contributed by atoms with Crippen LogP contribution in [0, 0.1) is 5.92 Å². The lowest BCUT2D eigenvalue weighted by Gasteiger charge is -2.37. The molecule has 2 aromatic rings. The third kappa shape index (κ3) is 2.98. The summed E-state index contributed by atoms with van der Waals surface area (Å²) < 4.78 is 5.84. The van der Waals surface area contributed by atoms with Crippen molar-refractivity contribution < 1.29 is 9.21 Å². The van der Waals surface area contributed by atoms with Gasteiger partial charge in [-0.05, 0) is 31.9 Å². The molecule has 2 aliphatic heterocycles. The Morgan fingerprint density at radius 2 is 2.04 bits per heavy atom. The molecule has 1 N–H and O–H groups in total. The number of fused-ring (bicyclic) bond motifs is 1. The van der Waals surface area contributed by atoms with Crippen LogP contribution in [0.4, 0.5) is 6.01 Å². The molecule has 1 aromatic carbocycles. The van der Waals surface area contributed by atoms with Gasteiger partial charge in [-0.2, -0.15) is 4.98 Å². The van der Waals surface area contributed by atoms with Crippen molar-refractivity contribution in [2.45, 2.75) is 25.8 Å². The zero-order valence-corrected chi connectivity index (χ0v) is 14.1. The molecular formula is C18H24N4O2. The molecule has 0 saturated carbocycles. The van der Waals surface area contributed by atoms with Gasteiger partial charge in [-0.1, -0.05) is 12.1 Å². The summed E-state index contributed by atoms with van der Waals surface area (Å²) in [7, 11) is 0. The predicted molar refractivity (Wildman–Crippen MR) is 93.0 cm³/mol. The van der Waals surface area contributed by atoms with Crippen LogP contribution in [0.1, 0.15) is 19.8 Å². The van der Waals surface area contributed by atoms with Crippen LogP contribution in [-0.2, 0) is 4.79 Å². The number of hydrogen-bond donors (Lipinski definition) is 1. The van der Waals surface area contributed by atoms with Crippen LogP contribution in [0.5, 0.6) is 0 Å². The number of nitrogens with zero attached hydrogens (tertiary/aromatic N) is 3. The number of benzene rings is 1. The molecule has 1 unspecified atom stereocenters. The summed E-state index contributed by atoms with van der Waals surface area (Å²) >= 11 is 0. The second-order valence-electron chi connectivity index (χ2n) is 6.86. The molecule has 24 heavy (non-hydrogen) atoms. The smallest absolute Gasteiger partial charge is 0.298 e. The number of hydrogen-bond acceptors (Lipinski definition) is 5. The maximum absolute atomic E-state index is 12.7. The van der Waals surface area contributed by atoms with Crippen molar-refractivity contribution >= 4 is 23.0 Å². The third-order valence-corrected chi connectivity index (χ3v) is 5.08. The van der Waals surface area contributed by atoms with E-state index in [1.807, 2.05) is 29.2 Å². The van der Waals surface area contributed by atoms with E-state index >= 15 is 0 Å². The van der Waals surface area contributed by atoms with Crippen LogP contribution < -0.4 is 10.2 Å². The fourth-order valence-corrected chi connectivity index (χ4v) is 3.70. The number of carbonyl (C=O) groups excluding carboxylic acids is 1. The fourth-order valence-electron chi connectivity index (χ4n) is 3.70. The van der Waals surface area contributed by atoms with Crippen molar-refractivity contribution in [3.8, 4) is 0 Å². The Hall–Kier alpha value is -2.08. The molecule has 2 aliphatic rings. The van der Waals surface area contributed by atoms with Crippen LogP contribution in [0.25, 0.3) is 11.1 Å². The largest absolute Gasteiger partial charge is 0.423 e. The number of rotatable bonds is 2. The average Bonchev–Trinajstić information content (AvgIpc) is 3.05. The van der Waals surface area contributed by atoms with Crippen molar-refractivity contribution in [2.75, 3.05) is 37.6 Å². The van der Waals surface area contributed by atoms with E-state index in [2.05, 4.69) is 22.1 Å². The molecule has 1 amide bonds. The molecule has 2 fully saturated rings. The average molecular weight is 328 g/mol. The highest BCUT2D eigenvalue weighted by molar-refractivity contribution is 5.79. The first-order valence-electron chi connectivity index (χ1n) is 8.83. The molecule has 1 aromatic heterocycles. The van der Waals surface area contributed by atoms with E-state index < -0.39 is 0 Å². The molecule has 0 spiro atoms. The van der Waals surface area contributed by atoms with Crippen molar-refractivity contribution in [3.63, 3.8) is 0 Å². The molecule has 0 radical (unpaired) electrons. The van der Waals surface area contributed by atoms with Crippen molar-refractivity contribution in [1.82, 2.24) is 15.2 Å². The number of piperidine rings is 1. The van der Waals surface area contributed by atoms with Crippen LogP contribution in [-0.4, -0.2) is 54.6 Å². The second kappa shape index (κ2) is 6.43. The van der Waals surface area contributed by atoms with E-state index in [0.29, 0.717) is 18.0 Å². The van der Waals surface area contributed by atoms with Crippen molar-refractivity contribution in [1.29, 1.82) is 0 Å². The van der Waals surface area contributed by atoms with Gasteiger partial charge in [-0.25, -0.2) is 0 Å². The lowest BCUT2D eigenvalue weighted by molar-refractivity contribution is -0.137. The molecule has 1 atom stereocenters. The minimum Gasteiger partial charge on any atom is -0.423 e. The second-order valence-corrected chi connectivity index (χ2v) is 6.86. The van der Waals surface area contributed by atoms with Gasteiger partial charge in [0.1, 0.15) is 5.52 Å². The Morgan fingerprint density at radius 3 is 2.79 bits per heavy atom. The molecular weight excluding hydrogens is 304 g/mol. The number of nitrogens with one attached hydrogen (secondary N) is 1. The molecule has 6 heteroatoms. The normalized spacial score (nSPS) is 23.0. The van der Waals surface area contributed by atoms with Crippen molar-refractivity contribution in [3.05, 3.63) is 24.3 Å². The number of piperazine rings is 1. The maximum Gasteiger partial charge on any atom is 0.298 e. The maximum atomic E-state index is 12.7. The number of anilines is 1. The Kier molecular flexibility index (Phi) is 4.14. The van der Waals surface area contributed by atoms with Crippen LogP contribution in [0.3, 0.4) is 0 Å². The van der Waals surface area contributed by atoms with Crippen LogP contribution in [0.15, 0.2) is 28.7 Å². The zero-order valence-electron chi connectivity index (χ0n) is 14.1. The lowest BCUT2D eigenvalue weighted by atomic mass is 9.95. The predicted octanol–water partition coefficient (Wildman–Crippen LogP) is 1.86. The third-order valence-electron chi connectivity index (χ3n) is 5.08. The van der Waals surface area contributed by atoms with E-state index in [9.17, 15) is 4.79 Å². The fraction of sp³-hybridized carbons (Fsp3) is 0.556. The summed E-state index contributed by atoms with van der Waals surface area (Å²) in [5.41, 5.74) is 1.71. The number of carbonyl (C=O) groups is 1. The summed E-state index contributed by atoms with van der Waals surface area (Å²) in [5.74, 6) is 0.455. The lowest BCUT2D eigenvalue weighted by Crippen LogP contribution is -2.53. The summed E-state index contributed by atoms with van der Waals surface area (Å²) in [6.45, 7) is 6.33. The summed E-state index contributed by atoms with van der Waals surface area (Å²) in [5, 5.41) is 3.39. The Balaban J connectivity index is 1.38. The first kappa shape index (κ1) is 15.4. The van der Waals surface area contributed by atoms with E-state index in [1.165, 1.54) is 0 Å². The summed E-state index contributed by atoms with van der Waals surface area (Å²) in [4.78, 5) is 21.5. The topological polar surface area (TPSA) is 61.6 Å². The molecule has 6 nitrogen and oxygen atoms in total. The van der Waals surface area contributed by atoms with Gasteiger partial charge >= 0.3 is 0 Å². The highest BCUT2D eigenvalue weighted by Gasteiger charge is 2.31. The highest BCUT2D eigenvalue weighted by Crippen LogP contribution is 2.27. The van der Waals surface area contributed by atoms with Gasteiger partial charge < -0.3 is 19.5 Å². The van der Waals surface area contributed by atoms with Gasteiger partial charge in [0.15, 0.2) is 5.58 Å². The number of para-hydroxylation sites is 2. The van der Waals surface area contributed by atoms with Gasteiger partial charge in [-0.15, -0.1) is 0 Å². The van der Waals surface area contributed by atoms with E-state index in [4.69, 9.17) is 4.42 Å². The number of oxazole rings is 1. The zero-order chi connectivity index (χ0) is 16.5. The Bertz CT molecular complexity index is 688. The first-order valence-corrected chi connectivity index (χ1v) is 8.83. The molecule has 4 rings (SSSR count). The summed E-state index contributed by atoms with van der Waals surface area (Å²) in [6.07, 6.45) is 1.74. The Labute approximate surface area is 141 Å². The molecule has 128 valence electrons. The van der Waals surface area contributed by atoms with Gasteiger partial charge in [-0.3, -0.25) is 4.79 Å². The molecule has 2 saturated heterocycles. The standard InChI is InChI=1S/C18H24N4O2/c1-13-12-22(11-8-19-13)17(23)14-6-9-21(10-7-14)18-20-15-4-2-3-5-16(15)24-18/h2-5,13-14,19H,6-12H2,1H3. The van der Waals surface area contributed by atoms with Crippen LogP contribution >= 0.6 is 0 Å². The molecule has 0 aliphatic carbocycles. The first-order chi connectivity index (χ1) is 11.7. The van der Waals surface area contributed by atoms with E-state index in [1.54, 1.807) is 0 Å². The molecule has 3 heterocycles. The SMILES string of the molecule is CC1CN(C(=O)C2CCN(c3nc4ccccc4o3)CC2)CCN1. The highest BCUT2D eigenvalue weighted by atomic mass is 16.4. The Morgan fingerprint density at radius 1 is 1.25 bits per heavy atom. The monoisotopic (exact) mass is 328 g/mol. The quantitative estimate of drug-likeness (QED) is 0.912. The molecule has 0 bridgehead atoms. The minimum atomic E-state index is 0.135. The van der Waals surface area contributed by atoms with Gasteiger partial charge in [0.25, 0.3) is 6.01 Å². The minimum absolute atomic E-state index is 0.135. The van der Waals surface area contributed by atoms with Crippen molar-refractivity contribution in [2.24, 2.45) is 5.92 Å². The van der Waals surface area contributed by atoms with Gasteiger partial charge in [0.2, 0.25) is 5.91 Å². The number of amides is 1. The van der Waals surface area contributed by atoms with Gasteiger partial charge in [0.05, 0.1) is 0 Å². The van der Waals surface area contributed by atoms with E-state index in [0.717, 1.165) is 56.7 Å². The van der Waals surface area contributed by atoms with Gasteiger partial charge in [0, 0.05) is 44.7 Å². The van der Waals surface area contributed by atoms with Crippen LogP contribution in [0.2, 0.25) is 0 Å². The number of aromatic nitrogens is 1. The summed E-state index contributed by atoms with van der Waals surface area (Å²) in [6, 6.07) is 8.89.